The molecule has 0 aliphatic rings. The van der Waals surface area contributed by atoms with Gasteiger partial charge in [-0.25, -0.2) is 5.43 Å². The fourth-order valence-corrected chi connectivity index (χ4v) is 2.95. The molecule has 1 amide bonds. The van der Waals surface area contributed by atoms with E-state index in [2.05, 4.69) is 26.5 Å². The first-order valence-electron chi connectivity index (χ1n) is 8.17. The third-order valence-electron chi connectivity index (χ3n) is 3.73. The first-order valence-corrected chi connectivity index (χ1v) is 9.35. The molecule has 136 valence electrons. The zero-order valence-corrected chi connectivity index (χ0v) is 16.6. The summed E-state index contributed by atoms with van der Waals surface area (Å²) in [6.07, 6.45) is 1.58. The minimum absolute atomic E-state index is 0.279. The monoisotopic (exact) mass is 442 g/mol. The fourth-order valence-electron chi connectivity index (χ4n) is 2.30. The van der Waals surface area contributed by atoms with Crippen molar-refractivity contribution in [2.45, 2.75) is 6.61 Å². The molecule has 1 N–H and O–H groups in total. The first-order chi connectivity index (χ1) is 13.1. The molecule has 0 spiro atoms. The summed E-state index contributed by atoms with van der Waals surface area (Å²) in [5, 5.41) is 4.67. The molecule has 0 atom stereocenters. The van der Waals surface area contributed by atoms with Crippen molar-refractivity contribution in [3.63, 3.8) is 0 Å². The van der Waals surface area contributed by atoms with Crippen LogP contribution in [0.3, 0.4) is 0 Å². The van der Waals surface area contributed by atoms with Crippen LogP contribution in [0.15, 0.2) is 82.4 Å². The number of amides is 1. The van der Waals surface area contributed by atoms with E-state index in [-0.39, 0.29) is 5.91 Å². The number of carbonyl (C=O) groups excluding carboxylic acids is 1. The Hall–Kier alpha value is -2.63. The topological polar surface area (TPSA) is 50.7 Å². The van der Waals surface area contributed by atoms with E-state index in [9.17, 15) is 4.79 Å². The largest absolute Gasteiger partial charge is 0.489 e. The summed E-state index contributed by atoms with van der Waals surface area (Å²) in [5.74, 6) is 0.447. The summed E-state index contributed by atoms with van der Waals surface area (Å²) in [6.45, 7) is 0.398. The maximum atomic E-state index is 12.1. The molecule has 0 heterocycles. The minimum atomic E-state index is -0.279. The van der Waals surface area contributed by atoms with Gasteiger partial charge in [-0.1, -0.05) is 41.9 Å². The molecule has 0 unspecified atom stereocenters. The van der Waals surface area contributed by atoms with Crippen LogP contribution < -0.4 is 10.2 Å². The number of nitrogens with zero attached hydrogens (tertiary/aromatic N) is 1. The third kappa shape index (κ3) is 5.42. The van der Waals surface area contributed by atoms with Crippen LogP contribution in [0.25, 0.3) is 0 Å². The number of ether oxygens (including phenoxy) is 1. The van der Waals surface area contributed by atoms with Crippen molar-refractivity contribution >= 4 is 39.7 Å². The predicted molar refractivity (Wildman–Crippen MR) is 111 cm³/mol. The Labute approximate surface area is 171 Å². The number of carbonyl (C=O) groups is 1. The van der Waals surface area contributed by atoms with Gasteiger partial charge in [0.25, 0.3) is 5.91 Å². The summed E-state index contributed by atoms with van der Waals surface area (Å²) < 4.78 is 6.46. The number of hydrogen-bond acceptors (Lipinski definition) is 3. The standard InChI is InChI=1S/C21H16BrClN2O2/c22-19-7-3-2-6-18(19)21(26)25-24-13-15-9-11-17(12-10-15)27-14-16-5-1-4-8-20(16)23/h1-13H,14H2,(H,25,26)/b24-13+. The van der Waals surface area contributed by atoms with E-state index < -0.39 is 0 Å². The highest BCUT2D eigenvalue weighted by atomic mass is 79.9. The summed E-state index contributed by atoms with van der Waals surface area (Å²) in [5.41, 5.74) is 4.81. The highest BCUT2D eigenvalue weighted by Crippen LogP contribution is 2.19. The van der Waals surface area contributed by atoms with E-state index in [1.165, 1.54) is 0 Å². The van der Waals surface area contributed by atoms with Crippen molar-refractivity contribution < 1.29 is 9.53 Å². The maximum absolute atomic E-state index is 12.1. The van der Waals surface area contributed by atoms with Crippen LogP contribution in [0, 0.1) is 0 Å². The van der Waals surface area contributed by atoms with Gasteiger partial charge in [0, 0.05) is 15.1 Å². The van der Waals surface area contributed by atoms with Crippen molar-refractivity contribution in [2.24, 2.45) is 5.10 Å². The van der Waals surface area contributed by atoms with Crippen LogP contribution in [0.1, 0.15) is 21.5 Å². The summed E-state index contributed by atoms with van der Waals surface area (Å²) >= 11 is 9.46. The summed E-state index contributed by atoms with van der Waals surface area (Å²) in [4.78, 5) is 12.1. The van der Waals surface area contributed by atoms with Crippen LogP contribution >= 0.6 is 27.5 Å². The van der Waals surface area contributed by atoms with E-state index in [1.54, 1.807) is 24.4 Å². The molecule has 4 nitrogen and oxygen atoms in total. The highest BCUT2D eigenvalue weighted by molar-refractivity contribution is 9.10. The second kappa shape index (κ2) is 9.35. The van der Waals surface area contributed by atoms with Gasteiger partial charge in [-0.15, -0.1) is 0 Å². The molecular weight excluding hydrogens is 428 g/mol. The van der Waals surface area contributed by atoms with E-state index in [0.717, 1.165) is 21.3 Å². The zero-order chi connectivity index (χ0) is 19.1. The number of nitrogens with one attached hydrogen (secondary N) is 1. The fraction of sp³-hybridized carbons (Fsp3) is 0.0476. The molecule has 3 aromatic carbocycles. The van der Waals surface area contributed by atoms with Gasteiger partial charge in [0.1, 0.15) is 12.4 Å². The molecule has 0 saturated carbocycles. The summed E-state index contributed by atoms with van der Waals surface area (Å²) in [6, 6.07) is 22.1. The lowest BCUT2D eigenvalue weighted by Crippen LogP contribution is -2.18. The Morgan fingerprint density at radius 1 is 1.04 bits per heavy atom. The van der Waals surface area contributed by atoms with Gasteiger partial charge < -0.3 is 4.74 Å². The van der Waals surface area contributed by atoms with Crippen molar-refractivity contribution in [1.82, 2.24) is 5.43 Å². The van der Waals surface area contributed by atoms with Crippen molar-refractivity contribution in [3.8, 4) is 5.75 Å². The van der Waals surface area contributed by atoms with Gasteiger partial charge in [-0.05, 0) is 64.0 Å². The lowest BCUT2D eigenvalue weighted by molar-refractivity contribution is 0.0954. The molecule has 27 heavy (non-hydrogen) atoms. The average molecular weight is 444 g/mol. The van der Waals surface area contributed by atoms with Gasteiger partial charge in [0.15, 0.2) is 0 Å². The SMILES string of the molecule is O=C(N/N=C/c1ccc(OCc2ccccc2Cl)cc1)c1ccccc1Br. The van der Waals surface area contributed by atoms with E-state index in [1.807, 2.05) is 54.6 Å². The molecule has 0 aromatic heterocycles. The van der Waals surface area contributed by atoms with Crippen molar-refractivity contribution in [1.29, 1.82) is 0 Å². The molecule has 0 aliphatic carbocycles. The normalized spacial score (nSPS) is 10.7. The molecule has 6 heteroatoms. The van der Waals surface area contributed by atoms with E-state index >= 15 is 0 Å². The van der Waals surface area contributed by atoms with E-state index in [0.29, 0.717) is 17.2 Å². The van der Waals surface area contributed by atoms with Crippen LogP contribution in [-0.2, 0) is 6.61 Å². The van der Waals surface area contributed by atoms with Crippen LogP contribution in [0.5, 0.6) is 5.75 Å². The first kappa shape index (κ1) is 19.1. The van der Waals surface area contributed by atoms with Gasteiger partial charge >= 0.3 is 0 Å². The van der Waals surface area contributed by atoms with E-state index in [4.69, 9.17) is 16.3 Å². The lowest BCUT2D eigenvalue weighted by Gasteiger charge is -2.07. The van der Waals surface area contributed by atoms with Crippen molar-refractivity contribution in [3.05, 3.63) is 99.0 Å². The van der Waals surface area contributed by atoms with Crippen LogP contribution in [-0.4, -0.2) is 12.1 Å². The maximum Gasteiger partial charge on any atom is 0.272 e. The number of hydrogen-bond donors (Lipinski definition) is 1. The lowest BCUT2D eigenvalue weighted by atomic mass is 10.2. The number of hydrazone groups is 1. The molecule has 0 saturated heterocycles. The molecule has 0 aliphatic heterocycles. The van der Waals surface area contributed by atoms with Crippen LogP contribution in [0.2, 0.25) is 5.02 Å². The van der Waals surface area contributed by atoms with Crippen LogP contribution in [0.4, 0.5) is 0 Å². The van der Waals surface area contributed by atoms with Gasteiger partial charge in [0.05, 0.1) is 11.8 Å². The number of benzene rings is 3. The molecule has 0 fully saturated rings. The third-order valence-corrected chi connectivity index (χ3v) is 4.79. The predicted octanol–water partition coefficient (Wildman–Crippen LogP) is 5.45. The molecular formula is C21H16BrClN2O2. The zero-order valence-electron chi connectivity index (χ0n) is 14.2. The number of rotatable bonds is 6. The Kier molecular flexibility index (Phi) is 6.63. The smallest absolute Gasteiger partial charge is 0.272 e. The molecule has 0 bridgehead atoms. The second-order valence-electron chi connectivity index (χ2n) is 5.63. The Balaban J connectivity index is 1.54. The highest BCUT2D eigenvalue weighted by Gasteiger charge is 2.07. The van der Waals surface area contributed by atoms with Crippen molar-refractivity contribution in [2.75, 3.05) is 0 Å². The number of halogens is 2. The molecule has 3 rings (SSSR count). The Morgan fingerprint density at radius 2 is 1.74 bits per heavy atom. The van der Waals surface area contributed by atoms with Gasteiger partial charge in [0.2, 0.25) is 0 Å². The quantitative estimate of drug-likeness (QED) is 0.407. The molecule has 0 radical (unpaired) electrons. The Bertz CT molecular complexity index is 958. The Morgan fingerprint density at radius 3 is 2.48 bits per heavy atom. The van der Waals surface area contributed by atoms with Gasteiger partial charge in [-0.2, -0.15) is 5.10 Å². The summed E-state index contributed by atoms with van der Waals surface area (Å²) in [7, 11) is 0. The average Bonchev–Trinajstić information content (AvgIpc) is 2.68. The van der Waals surface area contributed by atoms with Gasteiger partial charge in [-0.3, -0.25) is 4.79 Å². The minimum Gasteiger partial charge on any atom is -0.489 e. The second-order valence-corrected chi connectivity index (χ2v) is 6.89. The molecule has 3 aromatic rings.